The van der Waals surface area contributed by atoms with E-state index in [0.717, 1.165) is 11.0 Å². The van der Waals surface area contributed by atoms with Gasteiger partial charge in [0.15, 0.2) is 0 Å². The maximum atomic E-state index is 11.4. The van der Waals surface area contributed by atoms with Crippen LogP contribution in [-0.2, 0) is 23.0 Å². The van der Waals surface area contributed by atoms with Gasteiger partial charge in [0.25, 0.3) is 0 Å². The van der Waals surface area contributed by atoms with Crippen molar-refractivity contribution in [2.45, 2.75) is 13.3 Å². The van der Waals surface area contributed by atoms with Crippen molar-refractivity contribution in [3.05, 3.63) is 29.0 Å². The Morgan fingerprint density at radius 3 is 3.00 bits per heavy atom. The zero-order chi connectivity index (χ0) is 12.4. The van der Waals surface area contributed by atoms with E-state index in [0.29, 0.717) is 17.5 Å². The lowest BCUT2D eigenvalue weighted by Gasteiger charge is -2.02. The molecule has 0 atom stereocenters. The molecule has 0 aliphatic rings. The molecule has 0 amide bonds. The predicted molar refractivity (Wildman–Crippen MR) is 66.1 cm³/mol. The predicted octanol–water partition coefficient (Wildman–Crippen LogP) is 2.33. The van der Waals surface area contributed by atoms with E-state index in [4.69, 9.17) is 16.3 Å². The zero-order valence-corrected chi connectivity index (χ0v) is 10.5. The summed E-state index contributed by atoms with van der Waals surface area (Å²) in [5, 5.41) is 0.656. The first-order chi connectivity index (χ1) is 8.11. The lowest BCUT2D eigenvalue weighted by atomic mass is 10.3. The van der Waals surface area contributed by atoms with Gasteiger partial charge < -0.3 is 9.30 Å². The van der Waals surface area contributed by atoms with Gasteiger partial charge in [-0.3, -0.25) is 4.79 Å². The van der Waals surface area contributed by atoms with Crippen LogP contribution in [-0.4, -0.2) is 22.1 Å². The van der Waals surface area contributed by atoms with Gasteiger partial charge in [-0.2, -0.15) is 0 Å². The molecule has 0 aliphatic heterocycles. The van der Waals surface area contributed by atoms with Crippen molar-refractivity contribution in [3.63, 3.8) is 0 Å². The summed E-state index contributed by atoms with van der Waals surface area (Å²) in [5.41, 5.74) is 1.74. The minimum absolute atomic E-state index is 0.177. The molecule has 0 fully saturated rings. The number of aryl methyl sites for hydroxylation is 1. The van der Waals surface area contributed by atoms with Crippen LogP contribution >= 0.6 is 11.6 Å². The Labute approximate surface area is 104 Å². The normalized spacial score (nSPS) is 10.8. The molecule has 0 saturated carbocycles. The smallest absolute Gasteiger partial charge is 0.313 e. The highest BCUT2D eigenvalue weighted by atomic mass is 35.5. The number of hydrogen-bond acceptors (Lipinski definition) is 3. The summed E-state index contributed by atoms with van der Waals surface area (Å²) < 4.78 is 6.76. The van der Waals surface area contributed by atoms with E-state index in [1.54, 1.807) is 13.0 Å². The van der Waals surface area contributed by atoms with Crippen LogP contribution < -0.4 is 0 Å². The van der Waals surface area contributed by atoms with Crippen molar-refractivity contribution in [3.8, 4) is 0 Å². The van der Waals surface area contributed by atoms with Crippen LogP contribution in [0.2, 0.25) is 5.02 Å². The SMILES string of the molecule is CCOC(=O)Cc1nc2ccc(Cl)cc2n1C. The molecule has 0 spiro atoms. The van der Waals surface area contributed by atoms with E-state index >= 15 is 0 Å². The number of imidazole rings is 1. The van der Waals surface area contributed by atoms with Crippen LogP contribution in [0.5, 0.6) is 0 Å². The fraction of sp³-hybridized carbons (Fsp3) is 0.333. The molecule has 17 heavy (non-hydrogen) atoms. The maximum absolute atomic E-state index is 11.4. The summed E-state index contributed by atoms with van der Waals surface area (Å²) in [5.74, 6) is 0.415. The van der Waals surface area contributed by atoms with E-state index in [1.165, 1.54) is 0 Å². The molecule has 90 valence electrons. The second-order valence-corrected chi connectivity index (χ2v) is 4.14. The molecule has 5 heteroatoms. The molecule has 4 nitrogen and oxygen atoms in total. The first-order valence-electron chi connectivity index (χ1n) is 5.38. The molecule has 0 bridgehead atoms. The van der Waals surface area contributed by atoms with Gasteiger partial charge >= 0.3 is 5.97 Å². The molecule has 1 aromatic heterocycles. The monoisotopic (exact) mass is 252 g/mol. The van der Waals surface area contributed by atoms with Crippen molar-refractivity contribution in [1.82, 2.24) is 9.55 Å². The summed E-state index contributed by atoms with van der Waals surface area (Å²) in [6, 6.07) is 5.45. The Bertz CT molecular complexity index is 563. The standard InChI is InChI=1S/C12H13ClN2O2/c1-3-17-12(16)7-11-14-9-5-4-8(13)6-10(9)15(11)2/h4-6H,3,7H2,1-2H3. The number of carbonyl (C=O) groups is 1. The number of nitrogens with zero attached hydrogens (tertiary/aromatic N) is 2. The highest BCUT2D eigenvalue weighted by Crippen LogP contribution is 2.19. The molecule has 0 saturated heterocycles. The number of esters is 1. The van der Waals surface area contributed by atoms with Gasteiger partial charge in [0.05, 0.1) is 17.6 Å². The van der Waals surface area contributed by atoms with Gasteiger partial charge in [0.2, 0.25) is 0 Å². The minimum atomic E-state index is -0.267. The van der Waals surface area contributed by atoms with Crippen molar-refractivity contribution in [2.75, 3.05) is 6.61 Å². The number of fused-ring (bicyclic) bond motifs is 1. The topological polar surface area (TPSA) is 44.1 Å². The number of halogens is 1. The minimum Gasteiger partial charge on any atom is -0.466 e. The van der Waals surface area contributed by atoms with Crippen LogP contribution in [0.3, 0.4) is 0 Å². The number of benzene rings is 1. The second kappa shape index (κ2) is 4.75. The fourth-order valence-corrected chi connectivity index (χ4v) is 1.88. The lowest BCUT2D eigenvalue weighted by Crippen LogP contribution is -2.11. The largest absolute Gasteiger partial charge is 0.466 e. The molecule has 0 N–H and O–H groups in total. The van der Waals surface area contributed by atoms with E-state index in [1.807, 2.05) is 23.7 Å². The molecule has 1 heterocycles. The van der Waals surface area contributed by atoms with Crippen LogP contribution in [0, 0.1) is 0 Å². The van der Waals surface area contributed by atoms with Crippen molar-refractivity contribution >= 4 is 28.6 Å². The average Bonchev–Trinajstić information content (AvgIpc) is 2.57. The Balaban J connectivity index is 2.35. The van der Waals surface area contributed by atoms with Crippen molar-refractivity contribution in [1.29, 1.82) is 0 Å². The zero-order valence-electron chi connectivity index (χ0n) is 9.74. The van der Waals surface area contributed by atoms with Gasteiger partial charge in [-0.15, -0.1) is 0 Å². The molecule has 1 aromatic carbocycles. The summed E-state index contributed by atoms with van der Waals surface area (Å²) in [6.07, 6.45) is 0.177. The Morgan fingerprint density at radius 2 is 2.29 bits per heavy atom. The number of hydrogen-bond donors (Lipinski definition) is 0. The number of rotatable bonds is 3. The quantitative estimate of drug-likeness (QED) is 0.788. The third-order valence-electron chi connectivity index (χ3n) is 2.54. The first kappa shape index (κ1) is 11.9. The highest BCUT2D eigenvalue weighted by molar-refractivity contribution is 6.31. The van der Waals surface area contributed by atoms with Gasteiger partial charge in [-0.25, -0.2) is 4.98 Å². The van der Waals surface area contributed by atoms with Crippen LogP contribution in [0.15, 0.2) is 18.2 Å². The van der Waals surface area contributed by atoms with Gasteiger partial charge in [-0.1, -0.05) is 11.6 Å². The second-order valence-electron chi connectivity index (χ2n) is 3.70. The number of carbonyl (C=O) groups excluding carboxylic acids is 1. The summed E-state index contributed by atoms with van der Waals surface area (Å²) in [6.45, 7) is 2.17. The first-order valence-corrected chi connectivity index (χ1v) is 5.76. The molecule has 0 radical (unpaired) electrons. The third kappa shape index (κ3) is 2.42. The Kier molecular flexibility index (Phi) is 3.33. The van der Waals surface area contributed by atoms with Crippen LogP contribution in [0.4, 0.5) is 0 Å². The van der Waals surface area contributed by atoms with Gasteiger partial charge in [0.1, 0.15) is 12.2 Å². The third-order valence-corrected chi connectivity index (χ3v) is 2.78. The molecule has 2 aromatic rings. The molecular formula is C12H13ClN2O2. The summed E-state index contributed by atoms with van der Waals surface area (Å²) in [7, 11) is 1.86. The molecule has 0 unspecified atom stereocenters. The maximum Gasteiger partial charge on any atom is 0.313 e. The van der Waals surface area contributed by atoms with E-state index in [-0.39, 0.29) is 12.4 Å². The summed E-state index contributed by atoms with van der Waals surface area (Å²) in [4.78, 5) is 15.8. The average molecular weight is 253 g/mol. The lowest BCUT2D eigenvalue weighted by molar-refractivity contribution is -0.142. The fourth-order valence-electron chi connectivity index (χ4n) is 1.71. The summed E-state index contributed by atoms with van der Waals surface area (Å²) >= 11 is 5.92. The van der Waals surface area contributed by atoms with E-state index < -0.39 is 0 Å². The van der Waals surface area contributed by atoms with Crippen molar-refractivity contribution < 1.29 is 9.53 Å². The van der Waals surface area contributed by atoms with Gasteiger partial charge in [-0.05, 0) is 25.1 Å². The number of ether oxygens (including phenoxy) is 1. The highest BCUT2D eigenvalue weighted by Gasteiger charge is 2.12. The van der Waals surface area contributed by atoms with E-state index in [9.17, 15) is 4.79 Å². The molecule has 0 aliphatic carbocycles. The Morgan fingerprint density at radius 1 is 1.53 bits per heavy atom. The Hall–Kier alpha value is -1.55. The molecule has 2 rings (SSSR count). The van der Waals surface area contributed by atoms with E-state index in [2.05, 4.69) is 4.98 Å². The van der Waals surface area contributed by atoms with Crippen LogP contribution in [0.1, 0.15) is 12.7 Å². The molecular weight excluding hydrogens is 240 g/mol. The van der Waals surface area contributed by atoms with Crippen molar-refractivity contribution in [2.24, 2.45) is 7.05 Å². The number of aromatic nitrogens is 2. The van der Waals surface area contributed by atoms with Crippen LogP contribution in [0.25, 0.3) is 11.0 Å². The van der Waals surface area contributed by atoms with Gasteiger partial charge in [0, 0.05) is 12.1 Å².